The monoisotopic (exact) mass is 386 g/mol. The Morgan fingerprint density at radius 1 is 1.15 bits per heavy atom. The van der Waals surface area contributed by atoms with Gasteiger partial charge in [-0.3, -0.25) is 9.59 Å². The first-order valence-electron chi connectivity index (χ1n) is 8.01. The SMILES string of the molecule is COC(=O)c1ccc(/C=C2\Oc3cc(OC(=O)C(C)Cl)ccc3C2=O)cc1. The molecule has 7 heteroatoms. The van der Waals surface area contributed by atoms with Gasteiger partial charge in [0.05, 0.1) is 18.2 Å². The quantitative estimate of drug-likeness (QED) is 0.345. The van der Waals surface area contributed by atoms with Crippen molar-refractivity contribution in [2.45, 2.75) is 12.3 Å². The standard InChI is InChI=1S/C20H15ClO6/c1-11(21)19(23)26-14-7-8-15-16(10-14)27-17(18(15)22)9-12-3-5-13(6-4-12)20(24)25-2/h3-11H,1-2H3/b17-9-. The Bertz CT molecular complexity index is 943. The summed E-state index contributed by atoms with van der Waals surface area (Å²) < 4.78 is 15.4. The van der Waals surface area contributed by atoms with Crippen LogP contribution in [0.3, 0.4) is 0 Å². The summed E-state index contributed by atoms with van der Waals surface area (Å²) in [5.74, 6) is -0.658. The molecule has 0 radical (unpaired) electrons. The van der Waals surface area contributed by atoms with Crippen LogP contribution in [-0.2, 0) is 9.53 Å². The molecule has 2 aromatic carbocycles. The van der Waals surface area contributed by atoms with E-state index in [1.54, 1.807) is 30.3 Å². The van der Waals surface area contributed by atoms with Gasteiger partial charge in [-0.2, -0.15) is 0 Å². The van der Waals surface area contributed by atoms with Gasteiger partial charge in [0.1, 0.15) is 16.9 Å². The van der Waals surface area contributed by atoms with E-state index in [0.29, 0.717) is 22.4 Å². The van der Waals surface area contributed by atoms with Crippen LogP contribution in [0.5, 0.6) is 11.5 Å². The Kier molecular flexibility index (Phi) is 5.28. The second-order valence-corrected chi connectivity index (χ2v) is 6.40. The molecule has 0 fully saturated rings. The summed E-state index contributed by atoms with van der Waals surface area (Å²) in [7, 11) is 1.31. The second kappa shape index (κ2) is 7.63. The van der Waals surface area contributed by atoms with Crippen LogP contribution in [0.2, 0.25) is 0 Å². The molecule has 0 spiro atoms. The third-order valence-corrected chi connectivity index (χ3v) is 3.99. The van der Waals surface area contributed by atoms with Gasteiger partial charge in [0, 0.05) is 6.07 Å². The summed E-state index contributed by atoms with van der Waals surface area (Å²) in [5, 5.41) is -0.788. The van der Waals surface area contributed by atoms with Gasteiger partial charge in [-0.1, -0.05) is 12.1 Å². The number of carbonyl (C=O) groups excluding carboxylic acids is 3. The number of rotatable bonds is 4. The van der Waals surface area contributed by atoms with E-state index in [1.165, 1.54) is 32.2 Å². The number of allylic oxidation sites excluding steroid dienone is 1. The highest BCUT2D eigenvalue weighted by molar-refractivity contribution is 6.29. The molecular weight excluding hydrogens is 372 g/mol. The van der Waals surface area contributed by atoms with E-state index in [9.17, 15) is 14.4 Å². The lowest BCUT2D eigenvalue weighted by Gasteiger charge is -2.06. The molecular formula is C20H15ClO6. The van der Waals surface area contributed by atoms with E-state index in [1.807, 2.05) is 0 Å². The van der Waals surface area contributed by atoms with Crippen molar-refractivity contribution in [3.05, 3.63) is 64.9 Å². The van der Waals surface area contributed by atoms with Crippen LogP contribution < -0.4 is 9.47 Å². The second-order valence-electron chi connectivity index (χ2n) is 5.75. The van der Waals surface area contributed by atoms with Gasteiger partial charge in [-0.15, -0.1) is 11.6 Å². The van der Waals surface area contributed by atoms with E-state index >= 15 is 0 Å². The average molecular weight is 387 g/mol. The molecule has 0 bridgehead atoms. The fourth-order valence-corrected chi connectivity index (χ4v) is 2.46. The van der Waals surface area contributed by atoms with Crippen molar-refractivity contribution in [2.24, 2.45) is 0 Å². The van der Waals surface area contributed by atoms with Crippen LogP contribution in [-0.4, -0.2) is 30.2 Å². The maximum atomic E-state index is 12.5. The zero-order valence-electron chi connectivity index (χ0n) is 14.5. The van der Waals surface area contributed by atoms with E-state index in [2.05, 4.69) is 4.74 Å². The summed E-state index contributed by atoms with van der Waals surface area (Å²) >= 11 is 5.67. The molecule has 0 aliphatic carbocycles. The van der Waals surface area contributed by atoms with Crippen LogP contribution in [0, 0.1) is 0 Å². The molecule has 0 aromatic heterocycles. The minimum Gasteiger partial charge on any atom is -0.465 e. The van der Waals surface area contributed by atoms with Crippen LogP contribution in [0.15, 0.2) is 48.2 Å². The molecule has 0 saturated carbocycles. The van der Waals surface area contributed by atoms with Crippen LogP contribution in [0.4, 0.5) is 0 Å². The number of halogens is 1. The van der Waals surface area contributed by atoms with Gasteiger partial charge >= 0.3 is 11.9 Å². The van der Waals surface area contributed by atoms with E-state index in [0.717, 1.165) is 0 Å². The summed E-state index contributed by atoms with van der Waals surface area (Å²) in [6.07, 6.45) is 1.57. The zero-order chi connectivity index (χ0) is 19.6. The van der Waals surface area contributed by atoms with Gasteiger partial charge in [-0.25, -0.2) is 4.79 Å². The number of fused-ring (bicyclic) bond motifs is 1. The molecule has 27 heavy (non-hydrogen) atoms. The Labute approximate surface area is 160 Å². The highest BCUT2D eigenvalue weighted by Gasteiger charge is 2.28. The number of Topliss-reactive ketones (excluding diaryl/α,β-unsaturated/α-hetero) is 1. The fraction of sp³-hybridized carbons (Fsp3) is 0.150. The van der Waals surface area contributed by atoms with Crippen LogP contribution in [0.25, 0.3) is 6.08 Å². The Morgan fingerprint density at radius 3 is 2.48 bits per heavy atom. The largest absolute Gasteiger partial charge is 0.465 e. The first-order chi connectivity index (χ1) is 12.9. The van der Waals surface area contributed by atoms with Gasteiger partial charge in [0.15, 0.2) is 5.76 Å². The van der Waals surface area contributed by atoms with Crippen molar-refractivity contribution >= 4 is 35.4 Å². The number of hydrogen-bond acceptors (Lipinski definition) is 6. The summed E-state index contributed by atoms with van der Waals surface area (Å²) in [4.78, 5) is 35.5. The molecule has 1 aliphatic heterocycles. The third-order valence-electron chi connectivity index (χ3n) is 3.81. The number of hydrogen-bond donors (Lipinski definition) is 0. The lowest BCUT2D eigenvalue weighted by Crippen LogP contribution is -2.17. The topological polar surface area (TPSA) is 78.9 Å². The summed E-state index contributed by atoms with van der Waals surface area (Å²) in [5.41, 5.74) is 1.45. The molecule has 2 aromatic rings. The van der Waals surface area contributed by atoms with Crippen molar-refractivity contribution < 1.29 is 28.6 Å². The predicted octanol–water partition coefficient (Wildman–Crippen LogP) is 3.62. The van der Waals surface area contributed by atoms with E-state index in [4.69, 9.17) is 21.1 Å². The van der Waals surface area contributed by atoms with Crippen molar-refractivity contribution in [1.82, 2.24) is 0 Å². The highest BCUT2D eigenvalue weighted by atomic mass is 35.5. The molecule has 0 saturated heterocycles. The van der Waals surface area contributed by atoms with Crippen LogP contribution >= 0.6 is 11.6 Å². The maximum absolute atomic E-state index is 12.5. The summed E-state index contributed by atoms with van der Waals surface area (Å²) in [6, 6.07) is 11.0. The van der Waals surface area contributed by atoms with Crippen molar-refractivity contribution in [2.75, 3.05) is 7.11 Å². The molecule has 0 amide bonds. The third kappa shape index (κ3) is 4.01. The first-order valence-corrected chi connectivity index (χ1v) is 8.45. The highest BCUT2D eigenvalue weighted by Crippen LogP contribution is 2.35. The number of esters is 2. The molecule has 1 aliphatic rings. The van der Waals surface area contributed by atoms with Crippen molar-refractivity contribution in [1.29, 1.82) is 0 Å². The minimum atomic E-state index is -0.788. The van der Waals surface area contributed by atoms with Gasteiger partial charge in [0.2, 0.25) is 5.78 Å². The molecule has 138 valence electrons. The number of ketones is 1. The molecule has 1 heterocycles. The maximum Gasteiger partial charge on any atom is 0.337 e. The smallest absolute Gasteiger partial charge is 0.337 e. The Morgan fingerprint density at radius 2 is 1.85 bits per heavy atom. The zero-order valence-corrected chi connectivity index (χ0v) is 15.3. The Hall–Kier alpha value is -3.12. The lowest BCUT2D eigenvalue weighted by molar-refractivity contribution is -0.133. The van der Waals surface area contributed by atoms with Gasteiger partial charge < -0.3 is 14.2 Å². The molecule has 6 nitrogen and oxygen atoms in total. The van der Waals surface area contributed by atoms with Crippen molar-refractivity contribution in [3.8, 4) is 11.5 Å². The van der Waals surface area contributed by atoms with Crippen LogP contribution in [0.1, 0.15) is 33.2 Å². The number of carbonyl (C=O) groups is 3. The molecule has 1 atom stereocenters. The minimum absolute atomic E-state index is 0.130. The predicted molar refractivity (Wildman–Crippen MR) is 98.1 cm³/mol. The molecule has 3 rings (SSSR count). The normalized spacial score (nSPS) is 15.1. The van der Waals surface area contributed by atoms with Gasteiger partial charge in [-0.05, 0) is 42.8 Å². The Balaban J connectivity index is 1.80. The molecule has 1 unspecified atom stereocenters. The average Bonchev–Trinajstić information content (AvgIpc) is 2.96. The number of ether oxygens (including phenoxy) is 3. The summed E-state index contributed by atoms with van der Waals surface area (Å²) in [6.45, 7) is 1.50. The van der Waals surface area contributed by atoms with E-state index < -0.39 is 17.3 Å². The lowest BCUT2D eigenvalue weighted by atomic mass is 10.1. The molecule has 0 N–H and O–H groups in total. The number of benzene rings is 2. The fourth-order valence-electron chi connectivity index (χ4n) is 2.41. The number of methoxy groups -OCH3 is 1. The van der Waals surface area contributed by atoms with Crippen molar-refractivity contribution in [3.63, 3.8) is 0 Å². The number of alkyl halides is 1. The first kappa shape index (κ1) is 18.7. The van der Waals surface area contributed by atoms with E-state index in [-0.39, 0.29) is 17.3 Å². The van der Waals surface area contributed by atoms with Gasteiger partial charge in [0.25, 0.3) is 0 Å².